The molecule has 2 N–H and O–H groups in total. The highest BCUT2D eigenvalue weighted by molar-refractivity contribution is 5.62. The molecule has 1 aliphatic heterocycles. The molecular weight excluding hydrogens is 324 g/mol. The van der Waals surface area contributed by atoms with E-state index in [2.05, 4.69) is 54.5 Å². The first-order chi connectivity index (χ1) is 12.6. The summed E-state index contributed by atoms with van der Waals surface area (Å²) in [4.78, 5) is 14.1. The first-order valence-electron chi connectivity index (χ1n) is 8.85. The van der Waals surface area contributed by atoms with Gasteiger partial charge in [-0.3, -0.25) is 10.1 Å². The lowest BCUT2D eigenvalue weighted by Crippen LogP contribution is -2.17. The number of hydrogen-bond donors (Lipinski definition) is 2. The maximum atomic E-state index is 11.4. The van der Waals surface area contributed by atoms with Gasteiger partial charge in [0, 0.05) is 18.8 Å². The van der Waals surface area contributed by atoms with Crippen LogP contribution in [0.15, 0.2) is 65.6 Å². The summed E-state index contributed by atoms with van der Waals surface area (Å²) >= 11 is 0. The van der Waals surface area contributed by atoms with Crippen LogP contribution in [0, 0.1) is 13.8 Å². The zero-order valence-electron chi connectivity index (χ0n) is 15.0. The van der Waals surface area contributed by atoms with Crippen molar-refractivity contribution in [1.29, 1.82) is 0 Å². The number of H-pyrrole nitrogens is 1. The molecule has 132 valence electrons. The summed E-state index contributed by atoms with van der Waals surface area (Å²) in [6, 6.07) is 18.1. The molecule has 3 aromatic rings. The maximum Gasteiger partial charge on any atom is 0.248 e. The first kappa shape index (κ1) is 16.8. The van der Waals surface area contributed by atoms with Crippen LogP contribution in [-0.2, 0) is 11.3 Å². The predicted octanol–water partition coefficient (Wildman–Crippen LogP) is 3.85. The average Bonchev–Trinajstić information content (AvgIpc) is 3.39. The van der Waals surface area contributed by atoms with Crippen molar-refractivity contribution in [2.75, 3.05) is 0 Å². The zero-order valence-corrected chi connectivity index (χ0v) is 15.0. The van der Waals surface area contributed by atoms with E-state index in [4.69, 9.17) is 4.74 Å². The fraction of sp³-hybridized carbons (Fsp3) is 0.227. The van der Waals surface area contributed by atoms with Crippen molar-refractivity contribution in [2.24, 2.45) is 0 Å². The number of ether oxygens (including phenoxy) is 1. The summed E-state index contributed by atoms with van der Waals surface area (Å²) in [5.41, 5.74) is 6.92. The monoisotopic (exact) mass is 346 g/mol. The fourth-order valence-electron chi connectivity index (χ4n) is 3.42. The lowest BCUT2D eigenvalue weighted by atomic mass is 10.00. The van der Waals surface area contributed by atoms with E-state index in [0.717, 1.165) is 17.7 Å². The number of aromatic nitrogens is 1. The van der Waals surface area contributed by atoms with Crippen LogP contribution >= 0.6 is 0 Å². The van der Waals surface area contributed by atoms with Gasteiger partial charge in [-0.05, 0) is 53.3 Å². The van der Waals surface area contributed by atoms with Gasteiger partial charge in [0.1, 0.15) is 12.3 Å². The number of rotatable bonds is 5. The molecule has 0 radical (unpaired) electrons. The van der Waals surface area contributed by atoms with E-state index in [1.54, 1.807) is 12.3 Å². The van der Waals surface area contributed by atoms with Crippen LogP contribution in [0.25, 0.3) is 11.1 Å². The van der Waals surface area contributed by atoms with Crippen molar-refractivity contribution in [3.8, 4) is 11.1 Å². The Hall–Kier alpha value is -2.69. The van der Waals surface area contributed by atoms with Gasteiger partial charge in [-0.15, -0.1) is 0 Å². The van der Waals surface area contributed by atoms with Gasteiger partial charge >= 0.3 is 0 Å². The Kier molecular flexibility index (Phi) is 4.45. The molecule has 1 aliphatic rings. The van der Waals surface area contributed by atoms with Crippen molar-refractivity contribution < 1.29 is 4.74 Å². The highest BCUT2D eigenvalue weighted by Gasteiger charge is 2.41. The third-order valence-corrected chi connectivity index (χ3v) is 4.89. The Morgan fingerprint density at radius 3 is 2.42 bits per heavy atom. The van der Waals surface area contributed by atoms with E-state index in [1.807, 2.05) is 18.2 Å². The second-order valence-corrected chi connectivity index (χ2v) is 6.80. The highest BCUT2D eigenvalue weighted by atomic mass is 16.6. The van der Waals surface area contributed by atoms with Crippen LogP contribution in [0.5, 0.6) is 0 Å². The molecule has 0 bridgehead atoms. The van der Waals surface area contributed by atoms with Gasteiger partial charge in [-0.2, -0.15) is 0 Å². The Bertz CT molecular complexity index is 956. The van der Waals surface area contributed by atoms with Crippen LogP contribution in [-0.4, -0.2) is 11.2 Å². The van der Waals surface area contributed by atoms with Crippen LogP contribution in [0.2, 0.25) is 0 Å². The molecule has 1 aromatic heterocycles. The molecule has 2 heterocycles. The van der Waals surface area contributed by atoms with Gasteiger partial charge in [0.2, 0.25) is 5.56 Å². The van der Waals surface area contributed by atoms with Crippen LogP contribution in [0.4, 0.5) is 0 Å². The molecule has 0 spiro atoms. The molecule has 1 fully saturated rings. The van der Waals surface area contributed by atoms with E-state index < -0.39 is 0 Å². The smallest absolute Gasteiger partial charge is 0.248 e. The Labute approximate surface area is 152 Å². The Balaban J connectivity index is 1.38. The maximum absolute atomic E-state index is 11.4. The van der Waals surface area contributed by atoms with Gasteiger partial charge in [0.25, 0.3) is 0 Å². The van der Waals surface area contributed by atoms with Crippen LogP contribution in [0.1, 0.15) is 28.4 Å². The lowest BCUT2D eigenvalue weighted by molar-refractivity contribution is 0.345. The molecule has 4 nitrogen and oxygen atoms in total. The third-order valence-electron chi connectivity index (χ3n) is 4.89. The van der Waals surface area contributed by atoms with Gasteiger partial charge in [-0.25, -0.2) is 0 Å². The van der Waals surface area contributed by atoms with E-state index in [0.29, 0.717) is 0 Å². The highest BCUT2D eigenvalue weighted by Crippen LogP contribution is 2.40. The first-order valence-corrected chi connectivity index (χ1v) is 8.85. The molecule has 0 saturated carbocycles. The van der Waals surface area contributed by atoms with Gasteiger partial charge in [-0.1, -0.05) is 42.5 Å². The largest absolute Gasteiger partial charge is 0.348 e. The van der Waals surface area contributed by atoms with Crippen LogP contribution in [0.3, 0.4) is 0 Å². The SMILES string of the molecule is Cc1cccc(C)c1C1OC1NCc1ccc(-c2cc[nH]c(=O)c2)cc1. The minimum Gasteiger partial charge on any atom is -0.348 e. The Morgan fingerprint density at radius 1 is 1.00 bits per heavy atom. The predicted molar refractivity (Wildman–Crippen MR) is 103 cm³/mol. The number of epoxide rings is 1. The summed E-state index contributed by atoms with van der Waals surface area (Å²) < 4.78 is 5.84. The fourth-order valence-corrected chi connectivity index (χ4v) is 3.42. The van der Waals surface area contributed by atoms with Gasteiger partial charge in [0.05, 0.1) is 0 Å². The summed E-state index contributed by atoms with van der Waals surface area (Å²) in [5, 5.41) is 3.47. The number of pyridine rings is 1. The second kappa shape index (κ2) is 6.90. The van der Waals surface area contributed by atoms with E-state index in [9.17, 15) is 4.79 Å². The van der Waals surface area contributed by atoms with Crippen LogP contribution < -0.4 is 10.9 Å². The normalized spacial score (nSPS) is 18.7. The minimum atomic E-state index is -0.0864. The summed E-state index contributed by atoms with van der Waals surface area (Å²) in [6.45, 7) is 5.02. The lowest BCUT2D eigenvalue weighted by Gasteiger charge is -2.07. The molecule has 1 saturated heterocycles. The second-order valence-electron chi connectivity index (χ2n) is 6.80. The molecule has 2 unspecified atom stereocenters. The molecule has 0 aliphatic carbocycles. The molecular formula is C22H22N2O2. The number of hydrogen-bond acceptors (Lipinski definition) is 3. The Morgan fingerprint density at radius 2 is 1.73 bits per heavy atom. The number of nitrogens with one attached hydrogen (secondary N) is 2. The standard InChI is InChI=1S/C22H22N2O2/c1-14-4-3-5-15(2)20(14)21-22(26-21)24-13-16-6-8-17(9-7-16)18-10-11-23-19(25)12-18/h3-12,21-22,24H,13H2,1-2H3,(H,23,25). The number of aromatic amines is 1. The summed E-state index contributed by atoms with van der Waals surface area (Å²) in [7, 11) is 0. The van der Waals surface area contributed by atoms with Gasteiger partial charge < -0.3 is 9.72 Å². The summed E-state index contributed by atoms with van der Waals surface area (Å²) in [6.07, 6.45) is 1.89. The molecule has 2 atom stereocenters. The summed E-state index contributed by atoms with van der Waals surface area (Å²) in [5.74, 6) is 0. The average molecular weight is 346 g/mol. The quantitative estimate of drug-likeness (QED) is 0.690. The number of benzene rings is 2. The minimum absolute atomic E-state index is 0.0714. The van der Waals surface area contributed by atoms with Crippen molar-refractivity contribution >= 4 is 0 Å². The zero-order chi connectivity index (χ0) is 18.1. The van der Waals surface area contributed by atoms with E-state index in [1.165, 1.54) is 22.3 Å². The molecule has 4 rings (SSSR count). The van der Waals surface area contributed by atoms with Crippen molar-refractivity contribution in [1.82, 2.24) is 10.3 Å². The van der Waals surface area contributed by atoms with Gasteiger partial charge in [0.15, 0.2) is 0 Å². The topological polar surface area (TPSA) is 57.4 Å². The van der Waals surface area contributed by atoms with Crippen molar-refractivity contribution in [2.45, 2.75) is 32.7 Å². The molecule has 2 aromatic carbocycles. The van der Waals surface area contributed by atoms with Crippen molar-refractivity contribution in [3.05, 3.63) is 93.4 Å². The molecule has 0 amide bonds. The van der Waals surface area contributed by atoms with E-state index in [-0.39, 0.29) is 17.9 Å². The third kappa shape index (κ3) is 3.47. The molecule has 4 heteroatoms. The van der Waals surface area contributed by atoms with E-state index >= 15 is 0 Å². The molecule has 26 heavy (non-hydrogen) atoms. The number of aryl methyl sites for hydroxylation is 2. The van der Waals surface area contributed by atoms with Crippen molar-refractivity contribution in [3.63, 3.8) is 0 Å².